The van der Waals surface area contributed by atoms with Gasteiger partial charge in [-0.3, -0.25) is 4.79 Å². The second kappa shape index (κ2) is 5.35. The number of halogens is 3. The SMILES string of the molecule is O=C1CC(c2ccc([B-](F)(F)F)cc2)C1.[K+]. The van der Waals surface area contributed by atoms with E-state index in [4.69, 9.17) is 0 Å². The predicted molar refractivity (Wildman–Crippen MR) is 52.1 cm³/mol. The predicted octanol–water partition coefficient (Wildman–Crippen LogP) is -0.808. The molecular weight excluding hydrogens is 243 g/mol. The quantitative estimate of drug-likeness (QED) is 0.629. The zero-order valence-electron chi connectivity index (χ0n) is 8.92. The number of benzene rings is 1. The van der Waals surface area contributed by atoms with Gasteiger partial charge in [-0.05, 0) is 11.5 Å². The van der Waals surface area contributed by atoms with Gasteiger partial charge in [0.05, 0.1) is 0 Å². The van der Waals surface area contributed by atoms with Crippen molar-refractivity contribution in [2.24, 2.45) is 0 Å². The van der Waals surface area contributed by atoms with E-state index in [9.17, 15) is 17.7 Å². The minimum absolute atomic E-state index is 0. The van der Waals surface area contributed by atoms with Gasteiger partial charge in [0.2, 0.25) is 0 Å². The molecular formula is C10H9BF3KO. The molecule has 0 bridgehead atoms. The maximum Gasteiger partial charge on any atom is 1.00 e. The Labute approximate surface area is 134 Å². The summed E-state index contributed by atoms with van der Waals surface area (Å²) in [4.78, 5) is 10.7. The first-order valence-corrected chi connectivity index (χ1v) is 4.78. The molecule has 1 nitrogen and oxygen atoms in total. The number of hydrogen-bond donors (Lipinski definition) is 0. The van der Waals surface area contributed by atoms with Crippen molar-refractivity contribution in [3.8, 4) is 0 Å². The fourth-order valence-corrected chi connectivity index (χ4v) is 1.71. The molecule has 1 aromatic carbocycles. The van der Waals surface area contributed by atoms with Crippen LogP contribution in [-0.4, -0.2) is 12.8 Å². The molecule has 0 atom stereocenters. The summed E-state index contributed by atoms with van der Waals surface area (Å²) in [7, 11) is 0. The van der Waals surface area contributed by atoms with Crippen molar-refractivity contribution >= 4 is 18.2 Å². The molecule has 80 valence electrons. The van der Waals surface area contributed by atoms with E-state index in [1.165, 1.54) is 12.1 Å². The number of ketones is 1. The van der Waals surface area contributed by atoms with Gasteiger partial charge in [0.1, 0.15) is 5.78 Å². The number of rotatable bonds is 2. The van der Waals surface area contributed by atoms with Crippen LogP contribution in [0.3, 0.4) is 0 Å². The van der Waals surface area contributed by atoms with E-state index < -0.39 is 12.4 Å². The van der Waals surface area contributed by atoms with Gasteiger partial charge >= 0.3 is 58.4 Å². The summed E-state index contributed by atoms with van der Waals surface area (Å²) in [5.41, 5.74) is 0.253. The van der Waals surface area contributed by atoms with Gasteiger partial charge < -0.3 is 12.9 Å². The molecule has 2 rings (SSSR count). The van der Waals surface area contributed by atoms with Crippen molar-refractivity contribution in [2.75, 3.05) is 0 Å². The first-order valence-electron chi connectivity index (χ1n) is 4.78. The van der Waals surface area contributed by atoms with Crippen LogP contribution in [0.5, 0.6) is 0 Å². The molecule has 0 saturated heterocycles. The summed E-state index contributed by atoms with van der Waals surface area (Å²) in [6.45, 7) is -4.90. The van der Waals surface area contributed by atoms with Crippen LogP contribution in [-0.2, 0) is 4.79 Å². The van der Waals surface area contributed by atoms with Gasteiger partial charge in [0.25, 0.3) is 0 Å². The standard InChI is InChI=1S/C10H9BF3O.K/c12-11(13,14)9-3-1-7(2-4-9)8-5-10(15)6-8;/h1-4,8H,5-6H2;/q-1;+1. The van der Waals surface area contributed by atoms with Crippen LogP contribution in [0, 0.1) is 0 Å². The zero-order chi connectivity index (χ0) is 11.1. The van der Waals surface area contributed by atoms with Crippen LogP contribution in [0.2, 0.25) is 0 Å². The van der Waals surface area contributed by atoms with Crippen molar-refractivity contribution in [3.05, 3.63) is 29.8 Å². The molecule has 0 radical (unpaired) electrons. The molecule has 1 aliphatic rings. The van der Waals surface area contributed by atoms with E-state index in [-0.39, 0.29) is 63.1 Å². The van der Waals surface area contributed by atoms with Crippen LogP contribution < -0.4 is 56.8 Å². The van der Waals surface area contributed by atoms with E-state index in [0.717, 1.165) is 17.7 Å². The van der Waals surface area contributed by atoms with Crippen LogP contribution in [0.15, 0.2) is 24.3 Å². The molecule has 0 heterocycles. The molecule has 0 unspecified atom stereocenters. The van der Waals surface area contributed by atoms with Crippen molar-refractivity contribution in [2.45, 2.75) is 18.8 Å². The molecule has 0 amide bonds. The van der Waals surface area contributed by atoms with Gasteiger partial charge in [0.15, 0.2) is 0 Å². The van der Waals surface area contributed by atoms with Gasteiger partial charge in [-0.1, -0.05) is 24.3 Å². The van der Waals surface area contributed by atoms with Gasteiger partial charge in [-0.2, -0.15) is 0 Å². The van der Waals surface area contributed by atoms with Crippen molar-refractivity contribution in [1.82, 2.24) is 0 Å². The third-order valence-electron chi connectivity index (χ3n) is 2.73. The maximum absolute atomic E-state index is 12.3. The average molecular weight is 252 g/mol. The maximum atomic E-state index is 12.3. The molecule has 6 heteroatoms. The van der Waals surface area contributed by atoms with E-state index in [1.54, 1.807) is 0 Å². The Kier molecular flexibility index (Phi) is 4.83. The van der Waals surface area contributed by atoms with E-state index in [2.05, 4.69) is 0 Å². The smallest absolute Gasteiger partial charge is 0.445 e. The average Bonchev–Trinajstić information content (AvgIpc) is 2.12. The third kappa shape index (κ3) is 3.20. The molecule has 0 aromatic heterocycles. The second-order valence-electron chi connectivity index (χ2n) is 3.89. The molecule has 0 spiro atoms. The summed E-state index contributed by atoms with van der Waals surface area (Å²) in [5.74, 6) is 0.316. The Morgan fingerprint density at radius 3 is 1.94 bits per heavy atom. The van der Waals surface area contributed by atoms with Gasteiger partial charge in [-0.15, -0.1) is 5.46 Å². The van der Waals surface area contributed by atoms with Crippen LogP contribution in [0.25, 0.3) is 0 Å². The monoisotopic (exact) mass is 252 g/mol. The molecule has 1 saturated carbocycles. The Hall–Kier alpha value is 0.381. The Balaban J connectivity index is 0.00000128. The van der Waals surface area contributed by atoms with Crippen molar-refractivity contribution in [1.29, 1.82) is 0 Å². The molecule has 1 aromatic rings. The summed E-state index contributed by atoms with van der Waals surface area (Å²) >= 11 is 0. The van der Waals surface area contributed by atoms with Crippen LogP contribution in [0.4, 0.5) is 12.9 Å². The molecule has 16 heavy (non-hydrogen) atoms. The molecule has 1 fully saturated rings. The summed E-state index contributed by atoms with van der Waals surface area (Å²) < 4.78 is 36.9. The first kappa shape index (κ1) is 14.4. The minimum Gasteiger partial charge on any atom is -0.445 e. The van der Waals surface area contributed by atoms with Gasteiger partial charge in [-0.25, -0.2) is 0 Å². The summed E-state index contributed by atoms with van der Waals surface area (Å²) in [6, 6.07) is 5.14. The van der Waals surface area contributed by atoms with Crippen LogP contribution >= 0.6 is 0 Å². The minimum atomic E-state index is -4.90. The van der Waals surface area contributed by atoms with E-state index >= 15 is 0 Å². The fraction of sp³-hybridized carbons (Fsp3) is 0.300. The molecule has 0 N–H and O–H groups in total. The topological polar surface area (TPSA) is 17.1 Å². The Morgan fingerprint density at radius 2 is 1.56 bits per heavy atom. The van der Waals surface area contributed by atoms with Crippen LogP contribution in [0.1, 0.15) is 24.3 Å². The number of carbonyl (C=O) groups excluding carboxylic acids is 1. The molecule has 0 aliphatic heterocycles. The summed E-state index contributed by atoms with van der Waals surface area (Å²) in [5, 5.41) is 0. The molecule has 1 aliphatic carbocycles. The first-order chi connectivity index (χ1) is 6.97. The van der Waals surface area contributed by atoms with Gasteiger partial charge in [0, 0.05) is 12.8 Å². The fourth-order valence-electron chi connectivity index (χ4n) is 1.71. The van der Waals surface area contributed by atoms with Crippen molar-refractivity contribution < 1.29 is 69.1 Å². The largest absolute Gasteiger partial charge is 1.00 e. The number of carbonyl (C=O) groups is 1. The van der Waals surface area contributed by atoms with E-state index in [1.807, 2.05) is 0 Å². The van der Waals surface area contributed by atoms with E-state index in [0.29, 0.717) is 12.8 Å². The normalized spacial score (nSPS) is 16.6. The number of Topliss-reactive ketones (excluding diaryl/α,β-unsaturated/α-hetero) is 1. The third-order valence-corrected chi connectivity index (χ3v) is 2.73. The Morgan fingerprint density at radius 1 is 1.06 bits per heavy atom. The summed E-state index contributed by atoms with van der Waals surface area (Å²) in [6.07, 6.45) is 0.938. The zero-order valence-corrected chi connectivity index (χ0v) is 12.0. The van der Waals surface area contributed by atoms with Crippen molar-refractivity contribution in [3.63, 3.8) is 0 Å². The number of hydrogen-bond acceptors (Lipinski definition) is 1. The Bertz CT molecular complexity index is 380. The second-order valence-corrected chi connectivity index (χ2v) is 3.89.